The molecule has 3 heterocycles. The summed E-state index contributed by atoms with van der Waals surface area (Å²) < 4.78 is 18.9. The van der Waals surface area contributed by atoms with Gasteiger partial charge in [-0.1, -0.05) is 26.0 Å². The van der Waals surface area contributed by atoms with Crippen molar-refractivity contribution in [1.29, 1.82) is 5.26 Å². The van der Waals surface area contributed by atoms with Gasteiger partial charge >= 0.3 is 6.09 Å². The van der Waals surface area contributed by atoms with E-state index in [2.05, 4.69) is 11.4 Å². The Morgan fingerprint density at radius 3 is 2.47 bits per heavy atom. The quantitative estimate of drug-likeness (QED) is 0.584. The molecule has 4 unspecified atom stereocenters. The number of amides is 3. The van der Waals surface area contributed by atoms with E-state index in [0.717, 1.165) is 5.56 Å². The molecule has 1 aromatic rings. The van der Waals surface area contributed by atoms with E-state index < -0.39 is 29.8 Å². The van der Waals surface area contributed by atoms with E-state index in [-0.39, 0.29) is 42.2 Å². The van der Waals surface area contributed by atoms with Crippen molar-refractivity contribution < 1.29 is 23.5 Å². The molecule has 10 heteroatoms. The van der Waals surface area contributed by atoms with Gasteiger partial charge in [-0.15, -0.1) is 0 Å². The van der Waals surface area contributed by atoms with Gasteiger partial charge in [-0.2, -0.15) is 5.26 Å². The number of hydrogen-bond donors (Lipinski definition) is 1. The van der Waals surface area contributed by atoms with Crippen LogP contribution in [-0.2, 0) is 14.3 Å². The number of nitrogens with one attached hydrogen (secondary N) is 1. The van der Waals surface area contributed by atoms with Crippen LogP contribution in [0.1, 0.15) is 65.5 Å². The number of carbonyl (C=O) groups excluding carboxylic acids is 3. The van der Waals surface area contributed by atoms with Crippen molar-refractivity contribution in [3.63, 3.8) is 0 Å². The fourth-order valence-corrected chi connectivity index (χ4v) is 6.06. The Hall–Kier alpha value is -3.19. The van der Waals surface area contributed by atoms with E-state index in [4.69, 9.17) is 4.74 Å². The molecule has 38 heavy (non-hydrogen) atoms. The van der Waals surface area contributed by atoms with Crippen LogP contribution in [0.15, 0.2) is 24.3 Å². The Balaban J connectivity index is 1.50. The summed E-state index contributed by atoms with van der Waals surface area (Å²) in [6.07, 6.45) is 1.21. The van der Waals surface area contributed by atoms with Crippen molar-refractivity contribution in [2.75, 3.05) is 19.6 Å². The minimum Gasteiger partial charge on any atom is -0.444 e. The second-order valence-corrected chi connectivity index (χ2v) is 11.8. The summed E-state index contributed by atoms with van der Waals surface area (Å²) in [5.41, 5.74) is 0.153. The first kappa shape index (κ1) is 27.8. The van der Waals surface area contributed by atoms with Crippen molar-refractivity contribution in [1.82, 2.24) is 20.0 Å². The number of piperazine rings is 1. The van der Waals surface area contributed by atoms with Gasteiger partial charge in [0.1, 0.15) is 23.5 Å². The highest BCUT2D eigenvalue weighted by Gasteiger charge is 2.52. The third kappa shape index (κ3) is 5.78. The summed E-state index contributed by atoms with van der Waals surface area (Å²) in [6.45, 7) is 10.4. The van der Waals surface area contributed by atoms with E-state index >= 15 is 0 Å². The number of nitrogens with zero attached hydrogens (tertiary/aromatic N) is 4. The Morgan fingerprint density at radius 1 is 1.21 bits per heavy atom. The number of fused-ring (bicyclic) bond motifs is 2. The molecule has 0 radical (unpaired) electrons. The highest BCUT2D eigenvalue weighted by Crippen LogP contribution is 2.39. The summed E-state index contributed by atoms with van der Waals surface area (Å²) in [7, 11) is 0. The van der Waals surface area contributed by atoms with Gasteiger partial charge in [0.25, 0.3) is 0 Å². The lowest BCUT2D eigenvalue weighted by Crippen LogP contribution is -2.59. The van der Waals surface area contributed by atoms with Crippen molar-refractivity contribution >= 4 is 17.9 Å². The largest absolute Gasteiger partial charge is 0.444 e. The Bertz CT molecular complexity index is 1100. The number of likely N-dealkylation sites (tertiary alicyclic amines) is 3. The predicted octanol–water partition coefficient (Wildman–Crippen LogP) is 3.22. The lowest BCUT2D eigenvalue weighted by atomic mass is 10.0. The molecule has 3 amide bonds. The van der Waals surface area contributed by atoms with Crippen LogP contribution in [0, 0.1) is 23.1 Å². The van der Waals surface area contributed by atoms with E-state index in [9.17, 15) is 24.0 Å². The molecule has 0 saturated carbocycles. The zero-order valence-electron chi connectivity index (χ0n) is 22.8. The maximum absolute atomic E-state index is 13.6. The zero-order chi connectivity index (χ0) is 27.8. The molecule has 206 valence electrons. The summed E-state index contributed by atoms with van der Waals surface area (Å²) in [5.74, 6) is -0.494. The molecule has 1 N–H and O–H groups in total. The summed E-state index contributed by atoms with van der Waals surface area (Å²) in [5, 5.41) is 12.3. The maximum Gasteiger partial charge on any atom is 0.408 e. The van der Waals surface area contributed by atoms with Crippen LogP contribution in [0.25, 0.3) is 0 Å². The van der Waals surface area contributed by atoms with Gasteiger partial charge in [-0.25, -0.2) is 9.18 Å². The van der Waals surface area contributed by atoms with Crippen molar-refractivity contribution in [2.24, 2.45) is 5.92 Å². The predicted molar refractivity (Wildman–Crippen MR) is 138 cm³/mol. The van der Waals surface area contributed by atoms with Crippen LogP contribution in [0.2, 0.25) is 0 Å². The second kappa shape index (κ2) is 10.9. The van der Waals surface area contributed by atoms with Crippen molar-refractivity contribution in [3.05, 3.63) is 35.6 Å². The summed E-state index contributed by atoms with van der Waals surface area (Å²) in [6, 6.07) is 6.38. The van der Waals surface area contributed by atoms with Gasteiger partial charge in [0.05, 0.1) is 18.2 Å². The highest BCUT2D eigenvalue weighted by molar-refractivity contribution is 5.88. The number of hydrogen-bond acceptors (Lipinski definition) is 6. The molecule has 3 saturated heterocycles. The molecule has 6 atom stereocenters. The lowest BCUT2D eigenvalue weighted by Gasteiger charge is -2.40. The van der Waals surface area contributed by atoms with Gasteiger partial charge < -0.3 is 19.9 Å². The van der Waals surface area contributed by atoms with Crippen LogP contribution in [0.4, 0.5) is 9.18 Å². The van der Waals surface area contributed by atoms with E-state index in [0.29, 0.717) is 32.4 Å². The fraction of sp³-hybridized carbons (Fsp3) is 0.643. The number of halogens is 1. The van der Waals surface area contributed by atoms with Gasteiger partial charge in [0.15, 0.2) is 0 Å². The minimum absolute atomic E-state index is 0.0226. The summed E-state index contributed by atoms with van der Waals surface area (Å²) >= 11 is 0. The molecule has 9 nitrogen and oxygen atoms in total. The second-order valence-electron chi connectivity index (χ2n) is 11.8. The average Bonchev–Trinajstić information content (AvgIpc) is 3.51. The van der Waals surface area contributed by atoms with Crippen molar-refractivity contribution in [3.8, 4) is 6.07 Å². The van der Waals surface area contributed by atoms with Gasteiger partial charge in [0, 0.05) is 25.7 Å². The fourth-order valence-electron chi connectivity index (χ4n) is 6.06. The molecule has 0 aliphatic carbocycles. The van der Waals surface area contributed by atoms with Gasteiger partial charge in [0.2, 0.25) is 11.8 Å². The first-order chi connectivity index (χ1) is 17.9. The van der Waals surface area contributed by atoms with Crippen molar-refractivity contribution in [2.45, 2.75) is 89.7 Å². The number of carbonyl (C=O) groups is 3. The number of rotatable bonds is 7. The molecule has 3 fully saturated rings. The monoisotopic (exact) mass is 527 g/mol. The van der Waals surface area contributed by atoms with Crippen LogP contribution in [-0.4, -0.2) is 82.0 Å². The van der Waals surface area contributed by atoms with Crippen LogP contribution >= 0.6 is 0 Å². The molecule has 0 spiro atoms. The molecular formula is C28H38FN5O4. The van der Waals surface area contributed by atoms with Crippen LogP contribution in [0.3, 0.4) is 0 Å². The molecule has 2 bridgehead atoms. The van der Waals surface area contributed by atoms with Crippen LogP contribution < -0.4 is 5.32 Å². The highest BCUT2D eigenvalue weighted by atomic mass is 19.1. The summed E-state index contributed by atoms with van der Waals surface area (Å²) in [4.78, 5) is 45.2. The third-order valence-electron chi connectivity index (χ3n) is 7.64. The maximum atomic E-state index is 13.6. The number of alkyl carbamates (subject to hydrolysis) is 1. The van der Waals surface area contributed by atoms with Crippen LogP contribution in [0.5, 0.6) is 0 Å². The minimum atomic E-state index is -0.953. The molecule has 0 aromatic heterocycles. The molecule has 4 rings (SSSR count). The SMILES string of the molecule is CC[C@@H](c1ccc(F)cc1)N1C(=O)C2C[C@H]1CN2CC(NC(=O)OC(C)(C)C)C(=O)N1CC(C)CC1C#N. The van der Waals surface area contributed by atoms with E-state index in [1.54, 1.807) is 32.9 Å². The zero-order valence-corrected chi connectivity index (χ0v) is 22.8. The van der Waals surface area contributed by atoms with E-state index in [1.165, 1.54) is 17.0 Å². The Kier molecular flexibility index (Phi) is 7.98. The number of ether oxygens (including phenoxy) is 1. The topological polar surface area (TPSA) is 106 Å². The van der Waals surface area contributed by atoms with Gasteiger partial charge in [-0.05, 0) is 63.6 Å². The first-order valence-electron chi connectivity index (χ1n) is 13.4. The normalized spacial score (nSPS) is 26.8. The molecule has 3 aliphatic rings. The Morgan fingerprint density at radius 2 is 1.89 bits per heavy atom. The molecule has 1 aromatic carbocycles. The standard InChI is InChI=1S/C28H38FN5O4/c1-6-23(18-7-9-19(29)10-8-18)34-21-12-24(26(34)36)32(15-21)16-22(31-27(37)38-28(3,4)5)25(35)33-14-17(2)11-20(33)13-30/h7-10,17,20-24H,6,11-12,14-16H2,1-5H3,(H,31,37)/t17?,20?,21-,22?,23-,24?/m0/s1. The Labute approximate surface area is 223 Å². The van der Waals surface area contributed by atoms with E-state index in [1.807, 2.05) is 23.6 Å². The molecular weight excluding hydrogens is 489 g/mol. The first-order valence-corrected chi connectivity index (χ1v) is 13.4. The average molecular weight is 528 g/mol. The van der Waals surface area contributed by atoms with Gasteiger partial charge in [-0.3, -0.25) is 14.5 Å². The third-order valence-corrected chi connectivity index (χ3v) is 7.64. The lowest BCUT2D eigenvalue weighted by molar-refractivity contribution is -0.141. The number of benzene rings is 1. The molecule has 3 aliphatic heterocycles. The smallest absolute Gasteiger partial charge is 0.408 e. The number of nitriles is 1.